The van der Waals surface area contributed by atoms with Crippen LogP contribution in [0, 0.1) is 11.6 Å². The zero-order chi connectivity index (χ0) is 25.9. The Morgan fingerprint density at radius 3 is 2.44 bits per heavy atom. The van der Waals surface area contributed by atoms with Gasteiger partial charge in [-0.15, -0.1) is 0 Å². The van der Waals surface area contributed by atoms with E-state index in [1.165, 1.54) is 4.31 Å². The van der Waals surface area contributed by atoms with Crippen molar-refractivity contribution in [3.05, 3.63) is 70.8 Å². The van der Waals surface area contributed by atoms with E-state index in [0.717, 1.165) is 12.1 Å². The average molecular weight is 521 g/mol. The number of halogens is 2. The molecule has 5 rings (SSSR count). The molecule has 2 aromatic carbocycles. The Morgan fingerprint density at radius 2 is 1.83 bits per heavy atom. The first-order valence-corrected chi connectivity index (χ1v) is 13.6. The van der Waals surface area contributed by atoms with Gasteiger partial charge in [-0.1, -0.05) is 30.3 Å². The third-order valence-electron chi connectivity index (χ3n) is 7.88. The van der Waals surface area contributed by atoms with Gasteiger partial charge in [0.15, 0.2) is 0 Å². The van der Waals surface area contributed by atoms with Crippen LogP contribution in [0.15, 0.2) is 42.5 Å². The molecule has 1 saturated carbocycles. The van der Waals surface area contributed by atoms with Gasteiger partial charge in [0.1, 0.15) is 23.0 Å². The first-order valence-electron chi connectivity index (χ1n) is 12.1. The number of benzene rings is 2. The summed E-state index contributed by atoms with van der Waals surface area (Å²) in [7, 11) is -3.82. The highest BCUT2D eigenvalue weighted by molar-refractivity contribution is 7.89. The standard InChI is InChI=1S/C26H30F2N2O5S/c1-16-8-9-22(17-6-4-3-5-7-17)36(33,34)30(16)13-18-10-21(28)19(11-20(18)27)26(14-25(2,32)15-26)23-12-29-24(31)35-23/h3-7,10-11,16,22-23,32H,8-9,12-15H2,1-2H3,(H,29,31)/t16-,22+,23-,25?,26?/m0/s1. The molecule has 3 atom stereocenters. The Morgan fingerprint density at radius 1 is 1.14 bits per heavy atom. The van der Waals surface area contributed by atoms with Crippen LogP contribution in [0.1, 0.15) is 61.5 Å². The molecular weight excluding hydrogens is 490 g/mol. The maximum atomic E-state index is 15.6. The Hall–Kier alpha value is -2.56. The van der Waals surface area contributed by atoms with E-state index in [0.29, 0.717) is 18.4 Å². The van der Waals surface area contributed by atoms with Crippen molar-refractivity contribution in [3.63, 3.8) is 0 Å². The van der Waals surface area contributed by atoms with Crippen molar-refractivity contribution >= 4 is 16.1 Å². The average Bonchev–Trinajstić information content (AvgIpc) is 3.23. The summed E-state index contributed by atoms with van der Waals surface area (Å²) in [5, 5.41) is 12.2. The minimum absolute atomic E-state index is 0.0217. The maximum absolute atomic E-state index is 15.6. The van der Waals surface area contributed by atoms with Crippen LogP contribution in [0.4, 0.5) is 13.6 Å². The van der Waals surface area contributed by atoms with E-state index in [1.54, 1.807) is 38.1 Å². The van der Waals surface area contributed by atoms with Crippen LogP contribution in [-0.2, 0) is 26.7 Å². The lowest BCUT2D eigenvalue weighted by molar-refractivity contribution is -0.114. The molecule has 2 N–H and O–H groups in total. The highest BCUT2D eigenvalue weighted by atomic mass is 32.2. The zero-order valence-corrected chi connectivity index (χ0v) is 21.0. The number of cyclic esters (lactones) is 1. The number of amides is 1. The third-order valence-corrected chi connectivity index (χ3v) is 10.3. The fourth-order valence-electron chi connectivity index (χ4n) is 6.21. The monoisotopic (exact) mass is 520 g/mol. The zero-order valence-electron chi connectivity index (χ0n) is 20.2. The van der Waals surface area contributed by atoms with Gasteiger partial charge in [-0.3, -0.25) is 0 Å². The third kappa shape index (κ3) is 4.18. The fourth-order valence-corrected chi connectivity index (χ4v) is 8.39. The van der Waals surface area contributed by atoms with Crippen LogP contribution in [0.2, 0.25) is 0 Å². The molecular formula is C26H30F2N2O5S. The van der Waals surface area contributed by atoms with Gasteiger partial charge >= 0.3 is 6.09 Å². The first-order chi connectivity index (χ1) is 16.9. The number of carbonyl (C=O) groups excluding carboxylic acids is 1. The van der Waals surface area contributed by atoms with Crippen molar-refractivity contribution in [2.75, 3.05) is 6.54 Å². The van der Waals surface area contributed by atoms with Crippen molar-refractivity contribution in [1.29, 1.82) is 0 Å². The Labute approximate surface area is 209 Å². The lowest BCUT2D eigenvalue weighted by Crippen LogP contribution is -2.60. The van der Waals surface area contributed by atoms with Gasteiger partial charge in [0.05, 0.1) is 12.1 Å². The second-order valence-corrected chi connectivity index (χ2v) is 12.7. The van der Waals surface area contributed by atoms with E-state index in [4.69, 9.17) is 4.74 Å². The summed E-state index contributed by atoms with van der Waals surface area (Å²) in [5.41, 5.74) is -1.54. The van der Waals surface area contributed by atoms with Crippen molar-refractivity contribution in [2.24, 2.45) is 0 Å². The van der Waals surface area contributed by atoms with Crippen molar-refractivity contribution in [2.45, 2.75) is 74.5 Å². The topological polar surface area (TPSA) is 95.9 Å². The smallest absolute Gasteiger partial charge is 0.407 e. The van der Waals surface area contributed by atoms with Gasteiger partial charge in [0.25, 0.3) is 0 Å². The summed E-state index contributed by atoms with van der Waals surface area (Å²) in [5.74, 6) is -1.45. The molecule has 1 aliphatic carbocycles. The van der Waals surface area contributed by atoms with Crippen LogP contribution >= 0.6 is 0 Å². The molecule has 2 aliphatic heterocycles. The predicted molar refractivity (Wildman–Crippen MR) is 129 cm³/mol. The first kappa shape index (κ1) is 25.1. The Bertz CT molecular complexity index is 1280. The van der Waals surface area contributed by atoms with E-state index in [2.05, 4.69) is 5.32 Å². The largest absolute Gasteiger partial charge is 0.443 e. The highest BCUT2D eigenvalue weighted by Gasteiger charge is 2.60. The van der Waals surface area contributed by atoms with Gasteiger partial charge in [-0.05, 0) is 57.2 Å². The van der Waals surface area contributed by atoms with E-state index in [1.807, 2.05) is 6.07 Å². The number of aliphatic hydroxyl groups is 1. The number of carbonyl (C=O) groups is 1. The summed E-state index contributed by atoms with van der Waals surface area (Å²) >= 11 is 0. The van der Waals surface area contributed by atoms with E-state index >= 15 is 8.78 Å². The number of rotatable bonds is 5. The quantitative estimate of drug-likeness (QED) is 0.623. The van der Waals surface area contributed by atoms with Crippen LogP contribution in [0.5, 0.6) is 0 Å². The number of hydrogen-bond donors (Lipinski definition) is 2. The Kier molecular flexibility index (Phi) is 6.12. The number of alkyl carbamates (subject to hydrolysis) is 1. The molecule has 0 aromatic heterocycles. The summed E-state index contributed by atoms with van der Waals surface area (Å²) < 4.78 is 64.6. The molecule has 0 spiro atoms. The number of sulfonamides is 1. The number of hydrogen-bond acceptors (Lipinski definition) is 5. The van der Waals surface area contributed by atoms with Crippen molar-refractivity contribution in [3.8, 4) is 0 Å². The van der Waals surface area contributed by atoms with Gasteiger partial charge in [0.2, 0.25) is 10.0 Å². The van der Waals surface area contributed by atoms with Gasteiger partial charge in [0, 0.05) is 29.1 Å². The molecule has 0 radical (unpaired) electrons. The number of ether oxygens (including phenoxy) is 1. The molecule has 194 valence electrons. The number of nitrogens with one attached hydrogen (secondary N) is 1. The van der Waals surface area contributed by atoms with Gasteiger partial charge in [-0.25, -0.2) is 22.0 Å². The molecule has 36 heavy (non-hydrogen) atoms. The van der Waals surface area contributed by atoms with Crippen molar-refractivity contribution in [1.82, 2.24) is 9.62 Å². The summed E-state index contributed by atoms with van der Waals surface area (Å²) in [4.78, 5) is 11.7. The number of nitrogens with zero attached hydrogens (tertiary/aromatic N) is 1. The molecule has 3 fully saturated rings. The van der Waals surface area contributed by atoms with Crippen LogP contribution < -0.4 is 5.32 Å². The molecule has 1 amide bonds. The molecule has 10 heteroatoms. The predicted octanol–water partition coefficient (Wildman–Crippen LogP) is 3.91. The molecule has 2 saturated heterocycles. The molecule has 2 heterocycles. The molecule has 7 nitrogen and oxygen atoms in total. The Balaban J connectivity index is 1.46. The van der Waals surface area contributed by atoms with Crippen LogP contribution in [0.25, 0.3) is 0 Å². The van der Waals surface area contributed by atoms with E-state index < -0.39 is 50.1 Å². The lowest BCUT2D eigenvalue weighted by atomic mass is 9.54. The van der Waals surface area contributed by atoms with E-state index in [9.17, 15) is 18.3 Å². The lowest BCUT2D eigenvalue weighted by Gasteiger charge is -2.54. The van der Waals surface area contributed by atoms with E-state index in [-0.39, 0.29) is 43.1 Å². The van der Waals surface area contributed by atoms with Crippen LogP contribution in [-0.4, -0.2) is 48.2 Å². The molecule has 0 bridgehead atoms. The highest BCUT2D eigenvalue weighted by Crippen LogP contribution is 2.54. The summed E-state index contributed by atoms with van der Waals surface area (Å²) in [6.45, 7) is 3.21. The van der Waals surface area contributed by atoms with Gasteiger partial charge < -0.3 is 15.2 Å². The normalized spacial score (nSPS) is 34.0. The molecule has 2 aromatic rings. The summed E-state index contributed by atoms with van der Waals surface area (Å²) in [6.07, 6.45) is -0.132. The fraction of sp³-hybridized carbons (Fsp3) is 0.500. The minimum Gasteiger partial charge on any atom is -0.443 e. The maximum Gasteiger partial charge on any atom is 0.407 e. The summed E-state index contributed by atoms with van der Waals surface area (Å²) in [6, 6.07) is 10.7. The second-order valence-electron chi connectivity index (χ2n) is 10.6. The van der Waals surface area contributed by atoms with Crippen molar-refractivity contribution < 1.29 is 31.8 Å². The second kappa shape index (κ2) is 8.78. The minimum atomic E-state index is -3.82. The molecule has 0 unspecified atom stereocenters. The van der Waals surface area contributed by atoms with Gasteiger partial charge in [-0.2, -0.15) is 4.31 Å². The SMILES string of the molecule is C[C@H]1CC[C@H](c2ccccc2)S(=O)(=O)N1Cc1cc(F)c(C2([C@@H]3CNC(=O)O3)CC(C)(O)C2)cc1F. The van der Waals surface area contributed by atoms with Crippen LogP contribution in [0.3, 0.4) is 0 Å². The molecule has 3 aliphatic rings.